The molecule has 0 radical (unpaired) electrons. The van der Waals surface area contributed by atoms with E-state index in [0.717, 1.165) is 23.0 Å². The number of hydrogen-bond donors (Lipinski definition) is 0. The lowest BCUT2D eigenvalue weighted by Crippen LogP contribution is -2.08. The Morgan fingerprint density at radius 1 is 0.500 bits per heavy atom. The molecule has 2 heteroatoms. The van der Waals surface area contributed by atoms with E-state index >= 15 is 0 Å². The predicted molar refractivity (Wildman–Crippen MR) is 147 cm³/mol. The van der Waals surface area contributed by atoms with Crippen molar-refractivity contribution in [3.63, 3.8) is 0 Å². The third-order valence-corrected chi connectivity index (χ3v) is 6.18. The van der Waals surface area contributed by atoms with Crippen molar-refractivity contribution in [3.8, 4) is 0 Å². The third-order valence-electron chi connectivity index (χ3n) is 6.18. The van der Waals surface area contributed by atoms with E-state index in [1.165, 1.54) is 48.9 Å². The lowest BCUT2D eigenvalue weighted by atomic mass is 9.84. The van der Waals surface area contributed by atoms with Crippen LogP contribution in [0.3, 0.4) is 0 Å². The van der Waals surface area contributed by atoms with Gasteiger partial charge >= 0.3 is 0 Å². The van der Waals surface area contributed by atoms with Crippen molar-refractivity contribution >= 4 is 0 Å². The molecule has 0 N–H and O–H groups in total. The maximum atomic E-state index is 12.6. The van der Waals surface area contributed by atoms with E-state index < -0.39 is 0 Å². The molecule has 1 aliphatic carbocycles. The molecular weight excluding hydrogens is 422 g/mol. The standard InChI is InChI=1S/2C8H9F.C8H16.C8H10.H2/c2*1-6-3-4-7(2)8(9)5-6;2*1-7-3-5-8(2)6-4-7;/h2*3-5H,1-2H3;7-8H,3-6H2,1-2H3;3-6H,1-2H3;1H. The minimum absolute atomic E-state index is 0. The summed E-state index contributed by atoms with van der Waals surface area (Å²) in [4.78, 5) is 0. The molecule has 1 fully saturated rings. The Kier molecular flexibility index (Phi) is 13.4. The second kappa shape index (κ2) is 15.4. The van der Waals surface area contributed by atoms with Gasteiger partial charge in [0.25, 0.3) is 0 Å². The molecule has 1 saturated carbocycles. The van der Waals surface area contributed by atoms with Gasteiger partial charge in [0.05, 0.1) is 0 Å². The maximum absolute atomic E-state index is 12.6. The van der Waals surface area contributed by atoms with Crippen molar-refractivity contribution in [1.82, 2.24) is 0 Å². The first kappa shape index (κ1) is 29.6. The molecule has 3 aromatic carbocycles. The van der Waals surface area contributed by atoms with Gasteiger partial charge in [-0.05, 0) is 87.8 Å². The normalized spacial score (nSPS) is 16.6. The van der Waals surface area contributed by atoms with Crippen LogP contribution in [0.5, 0.6) is 0 Å². The SMILES string of the molecule is CC1CCC(C)CC1.Cc1ccc(C)c(F)c1.Cc1ccc(C)c(F)c1.Cc1ccc(C)cc1.[HH]. The van der Waals surface area contributed by atoms with Gasteiger partial charge in [0.15, 0.2) is 0 Å². The largest absolute Gasteiger partial charge is 0.207 e. The Morgan fingerprint density at radius 2 is 0.765 bits per heavy atom. The smallest absolute Gasteiger partial charge is 0.126 e. The summed E-state index contributed by atoms with van der Waals surface area (Å²) < 4.78 is 25.2. The number of halogens is 2. The molecule has 3 aromatic rings. The van der Waals surface area contributed by atoms with Crippen molar-refractivity contribution in [3.05, 3.63) is 106 Å². The topological polar surface area (TPSA) is 0 Å². The van der Waals surface area contributed by atoms with Gasteiger partial charge in [0.1, 0.15) is 11.6 Å². The second-order valence-corrected chi connectivity index (χ2v) is 10.0. The van der Waals surface area contributed by atoms with Crippen LogP contribution >= 0.6 is 0 Å². The van der Waals surface area contributed by atoms with Crippen molar-refractivity contribution in [2.45, 2.75) is 81.1 Å². The van der Waals surface area contributed by atoms with Crippen LogP contribution in [0.25, 0.3) is 0 Å². The van der Waals surface area contributed by atoms with Crippen LogP contribution in [0.2, 0.25) is 0 Å². The number of aryl methyl sites for hydroxylation is 6. The molecule has 34 heavy (non-hydrogen) atoms. The van der Waals surface area contributed by atoms with E-state index in [0.29, 0.717) is 11.1 Å². The summed E-state index contributed by atoms with van der Waals surface area (Å²) in [5.74, 6) is 1.81. The van der Waals surface area contributed by atoms with Crippen LogP contribution in [0.15, 0.2) is 60.7 Å². The highest BCUT2D eigenvalue weighted by atomic mass is 19.1. The molecule has 1 aliphatic rings. The Hall–Kier alpha value is -2.48. The summed E-state index contributed by atoms with van der Waals surface area (Å²) in [6, 6.07) is 18.9. The van der Waals surface area contributed by atoms with Crippen molar-refractivity contribution < 1.29 is 10.2 Å². The molecule has 0 heterocycles. The van der Waals surface area contributed by atoms with Crippen LogP contribution in [0, 0.1) is 65.0 Å². The summed E-state index contributed by atoms with van der Waals surface area (Å²) in [5, 5.41) is 0. The highest BCUT2D eigenvalue weighted by molar-refractivity contribution is 5.22. The molecule has 0 atom stereocenters. The highest BCUT2D eigenvalue weighted by Gasteiger charge is 2.13. The fourth-order valence-electron chi connectivity index (χ4n) is 3.46. The van der Waals surface area contributed by atoms with E-state index in [2.05, 4.69) is 52.0 Å². The summed E-state index contributed by atoms with van der Waals surface area (Å²) >= 11 is 0. The van der Waals surface area contributed by atoms with Gasteiger partial charge in [-0.3, -0.25) is 0 Å². The first-order chi connectivity index (χ1) is 16.0. The van der Waals surface area contributed by atoms with Crippen molar-refractivity contribution in [1.29, 1.82) is 0 Å². The molecule has 4 rings (SSSR count). The highest BCUT2D eigenvalue weighted by Crippen LogP contribution is 2.27. The minimum atomic E-state index is -0.116. The zero-order valence-electron chi connectivity index (χ0n) is 22.5. The van der Waals surface area contributed by atoms with Crippen LogP contribution in [-0.4, -0.2) is 0 Å². The Labute approximate surface area is 208 Å². The average molecular weight is 469 g/mol. The molecule has 0 spiro atoms. The molecular formula is C32H46F2. The van der Waals surface area contributed by atoms with Gasteiger partial charge < -0.3 is 0 Å². The summed E-state index contributed by atoms with van der Waals surface area (Å²) in [7, 11) is 0. The number of benzene rings is 3. The van der Waals surface area contributed by atoms with Gasteiger partial charge in [-0.1, -0.05) is 99.2 Å². The Balaban J connectivity index is 0.000000437. The Morgan fingerprint density at radius 3 is 1.00 bits per heavy atom. The van der Waals surface area contributed by atoms with Gasteiger partial charge in [-0.2, -0.15) is 0 Å². The molecule has 0 unspecified atom stereocenters. The van der Waals surface area contributed by atoms with Gasteiger partial charge in [0, 0.05) is 1.43 Å². The molecule has 0 aliphatic heterocycles. The third kappa shape index (κ3) is 12.7. The van der Waals surface area contributed by atoms with Crippen LogP contribution < -0.4 is 0 Å². The van der Waals surface area contributed by atoms with E-state index in [1.807, 2.05) is 26.0 Å². The number of rotatable bonds is 0. The van der Waals surface area contributed by atoms with E-state index in [4.69, 9.17) is 0 Å². The quantitative estimate of drug-likeness (QED) is 0.308. The van der Waals surface area contributed by atoms with E-state index in [1.54, 1.807) is 26.0 Å². The zero-order valence-corrected chi connectivity index (χ0v) is 22.5. The lowest BCUT2D eigenvalue weighted by molar-refractivity contribution is 0.308. The predicted octanol–water partition coefficient (Wildman–Crippen LogP) is 10.3. The van der Waals surface area contributed by atoms with E-state index in [9.17, 15) is 8.78 Å². The summed E-state index contributed by atoms with van der Waals surface area (Å²) in [5.41, 5.74) is 6.02. The molecule has 0 amide bonds. The van der Waals surface area contributed by atoms with Gasteiger partial charge in [0.2, 0.25) is 0 Å². The number of hydrogen-bond acceptors (Lipinski definition) is 0. The lowest BCUT2D eigenvalue weighted by Gasteiger charge is -2.22. The summed E-state index contributed by atoms with van der Waals surface area (Å²) in [6.45, 7) is 16.2. The first-order valence-electron chi connectivity index (χ1n) is 12.5. The fourth-order valence-corrected chi connectivity index (χ4v) is 3.46. The minimum Gasteiger partial charge on any atom is -0.207 e. The zero-order chi connectivity index (χ0) is 25.7. The van der Waals surface area contributed by atoms with Gasteiger partial charge in [-0.25, -0.2) is 8.78 Å². The molecule has 0 aromatic heterocycles. The van der Waals surface area contributed by atoms with Crippen molar-refractivity contribution in [2.24, 2.45) is 11.8 Å². The molecule has 0 saturated heterocycles. The van der Waals surface area contributed by atoms with Gasteiger partial charge in [-0.15, -0.1) is 0 Å². The first-order valence-corrected chi connectivity index (χ1v) is 12.5. The van der Waals surface area contributed by atoms with Crippen LogP contribution in [-0.2, 0) is 0 Å². The Bertz CT molecular complexity index is 891. The molecule has 0 bridgehead atoms. The van der Waals surface area contributed by atoms with E-state index in [-0.39, 0.29) is 13.1 Å². The van der Waals surface area contributed by atoms with Crippen LogP contribution in [0.1, 0.15) is 74.3 Å². The average Bonchev–Trinajstić information content (AvgIpc) is 2.79. The maximum Gasteiger partial charge on any atom is 0.126 e. The second-order valence-electron chi connectivity index (χ2n) is 10.0. The molecule has 0 nitrogen and oxygen atoms in total. The monoisotopic (exact) mass is 468 g/mol. The molecule has 188 valence electrons. The van der Waals surface area contributed by atoms with Crippen molar-refractivity contribution in [2.75, 3.05) is 0 Å². The summed E-state index contributed by atoms with van der Waals surface area (Å²) in [6.07, 6.45) is 5.89. The fraction of sp³-hybridized carbons (Fsp3) is 0.438. The van der Waals surface area contributed by atoms with Crippen LogP contribution in [0.4, 0.5) is 8.78 Å².